The largest absolute Gasteiger partial charge is 0.508 e. The van der Waals surface area contributed by atoms with Gasteiger partial charge in [0.05, 0.1) is 0 Å². The van der Waals surface area contributed by atoms with Crippen molar-refractivity contribution in [3.8, 4) is 0 Å². The van der Waals surface area contributed by atoms with Crippen molar-refractivity contribution in [3.63, 3.8) is 0 Å². The molecule has 0 amide bonds. The van der Waals surface area contributed by atoms with E-state index >= 15 is 0 Å². The highest BCUT2D eigenvalue weighted by atomic mass is 32.2. The maximum atomic E-state index is 12.1. The van der Waals surface area contributed by atoms with Crippen LogP contribution in [-0.4, -0.2) is 9.72 Å². The monoisotopic (exact) mass is 296 g/mol. The number of hydrogen-bond acceptors (Lipinski definition) is 2. The maximum Gasteiger partial charge on any atom is 0.508 e. The van der Waals surface area contributed by atoms with Gasteiger partial charge in [0, 0.05) is 6.42 Å². The summed E-state index contributed by atoms with van der Waals surface area (Å²) in [7, 11) is 0. The van der Waals surface area contributed by atoms with Gasteiger partial charge in [-0.25, -0.2) is 4.21 Å². The first-order chi connectivity index (χ1) is 8.97. The summed E-state index contributed by atoms with van der Waals surface area (Å²) in [4.78, 5) is 0. The van der Waals surface area contributed by atoms with Gasteiger partial charge in [0.2, 0.25) is 0 Å². The lowest BCUT2D eigenvalue weighted by atomic mass is 9.75. The smallest absolute Gasteiger partial charge is 0.399 e. The minimum Gasteiger partial charge on any atom is -0.399 e. The van der Waals surface area contributed by atoms with Crippen LogP contribution in [-0.2, 0) is 15.3 Å². The SMILES string of the molecule is O=S(OC1=CCC(C2CCCCC2)CC1)C(F)(F)F. The number of rotatable bonds is 3. The number of hydrogen-bond donors (Lipinski definition) is 0. The van der Waals surface area contributed by atoms with Gasteiger partial charge in [0.25, 0.3) is 0 Å². The van der Waals surface area contributed by atoms with Gasteiger partial charge < -0.3 is 4.18 Å². The molecule has 0 N–H and O–H groups in total. The molecule has 0 bridgehead atoms. The topological polar surface area (TPSA) is 26.3 Å². The lowest BCUT2D eigenvalue weighted by Crippen LogP contribution is -2.22. The van der Waals surface area contributed by atoms with E-state index in [2.05, 4.69) is 4.18 Å². The molecule has 2 unspecified atom stereocenters. The summed E-state index contributed by atoms with van der Waals surface area (Å²) in [5, 5.41) is 0. The van der Waals surface area contributed by atoms with Crippen LogP contribution in [0.15, 0.2) is 11.8 Å². The molecule has 0 radical (unpaired) electrons. The summed E-state index contributed by atoms with van der Waals surface area (Å²) in [6.45, 7) is 0. The fourth-order valence-electron chi connectivity index (χ4n) is 3.08. The van der Waals surface area contributed by atoms with Gasteiger partial charge in [-0.05, 0) is 30.8 Å². The number of allylic oxidation sites excluding steroid dienone is 2. The van der Waals surface area contributed by atoms with Crippen molar-refractivity contribution in [2.75, 3.05) is 0 Å². The van der Waals surface area contributed by atoms with Crippen LogP contribution in [0, 0.1) is 11.8 Å². The fraction of sp³-hybridized carbons (Fsp3) is 0.846. The van der Waals surface area contributed by atoms with Gasteiger partial charge in [-0.2, -0.15) is 13.2 Å². The van der Waals surface area contributed by atoms with Crippen molar-refractivity contribution >= 4 is 11.1 Å². The minimum absolute atomic E-state index is 0.239. The van der Waals surface area contributed by atoms with Crippen LogP contribution < -0.4 is 0 Å². The van der Waals surface area contributed by atoms with Gasteiger partial charge in [-0.3, -0.25) is 0 Å². The highest BCUT2D eigenvalue weighted by Crippen LogP contribution is 2.38. The van der Waals surface area contributed by atoms with E-state index in [1.807, 2.05) is 0 Å². The molecular weight excluding hydrogens is 277 g/mol. The molecule has 0 aliphatic heterocycles. The van der Waals surface area contributed by atoms with E-state index in [9.17, 15) is 17.4 Å². The Morgan fingerprint density at radius 1 is 1.11 bits per heavy atom. The molecule has 0 saturated heterocycles. The molecule has 2 aliphatic rings. The summed E-state index contributed by atoms with van der Waals surface area (Å²) >= 11 is -3.22. The molecule has 1 fully saturated rings. The van der Waals surface area contributed by atoms with E-state index in [0.717, 1.165) is 12.8 Å². The van der Waals surface area contributed by atoms with E-state index in [-0.39, 0.29) is 5.76 Å². The molecule has 1 saturated carbocycles. The second-order valence-electron chi connectivity index (χ2n) is 5.37. The third kappa shape index (κ3) is 4.23. The molecule has 0 aromatic heterocycles. The fourth-order valence-corrected chi connectivity index (χ4v) is 3.52. The van der Waals surface area contributed by atoms with Crippen molar-refractivity contribution in [2.24, 2.45) is 11.8 Å². The lowest BCUT2D eigenvalue weighted by molar-refractivity contribution is -0.0458. The van der Waals surface area contributed by atoms with Crippen molar-refractivity contribution < 1.29 is 21.6 Å². The first-order valence-corrected chi connectivity index (χ1v) is 7.90. The van der Waals surface area contributed by atoms with Crippen LogP contribution in [0.5, 0.6) is 0 Å². The maximum absolute atomic E-state index is 12.1. The normalized spacial score (nSPS) is 27.7. The summed E-state index contributed by atoms with van der Waals surface area (Å²) in [6.07, 6.45) is 10.1. The average Bonchev–Trinajstić information content (AvgIpc) is 2.39. The van der Waals surface area contributed by atoms with Crippen molar-refractivity contribution in [3.05, 3.63) is 11.8 Å². The molecular formula is C13H19F3O2S. The van der Waals surface area contributed by atoms with Crippen LogP contribution in [0.2, 0.25) is 0 Å². The number of halogens is 3. The number of alkyl halides is 3. The molecule has 110 valence electrons. The highest BCUT2D eigenvalue weighted by Gasteiger charge is 2.40. The van der Waals surface area contributed by atoms with Gasteiger partial charge in [0.15, 0.2) is 0 Å². The van der Waals surface area contributed by atoms with Crippen molar-refractivity contribution in [1.29, 1.82) is 0 Å². The molecule has 2 rings (SSSR count). The van der Waals surface area contributed by atoms with E-state index < -0.39 is 16.6 Å². The van der Waals surface area contributed by atoms with Crippen LogP contribution in [0.4, 0.5) is 13.2 Å². The molecule has 2 aliphatic carbocycles. The summed E-state index contributed by atoms with van der Waals surface area (Å²) in [5.41, 5.74) is -4.79. The molecule has 0 aromatic carbocycles. The Balaban J connectivity index is 1.84. The highest BCUT2D eigenvalue weighted by molar-refractivity contribution is 7.81. The Morgan fingerprint density at radius 2 is 1.79 bits per heavy atom. The Kier molecular flexibility index (Phi) is 4.92. The van der Waals surface area contributed by atoms with Crippen LogP contribution >= 0.6 is 0 Å². The van der Waals surface area contributed by atoms with Crippen molar-refractivity contribution in [1.82, 2.24) is 0 Å². The minimum atomic E-state index is -4.79. The Morgan fingerprint density at radius 3 is 2.32 bits per heavy atom. The predicted octanol–water partition coefficient (Wildman–Crippen LogP) is 4.45. The van der Waals surface area contributed by atoms with E-state index in [4.69, 9.17) is 0 Å². The summed E-state index contributed by atoms with van der Waals surface area (Å²) < 4.78 is 51.7. The summed E-state index contributed by atoms with van der Waals surface area (Å²) in [5.74, 6) is 1.51. The summed E-state index contributed by atoms with van der Waals surface area (Å²) in [6, 6.07) is 0. The van der Waals surface area contributed by atoms with Crippen LogP contribution in [0.1, 0.15) is 51.4 Å². The Labute approximate surface area is 114 Å². The molecule has 0 spiro atoms. The molecule has 6 heteroatoms. The third-order valence-corrected chi connectivity index (χ3v) is 4.84. The second kappa shape index (κ2) is 6.29. The van der Waals surface area contributed by atoms with Crippen molar-refractivity contribution in [2.45, 2.75) is 56.9 Å². The third-order valence-electron chi connectivity index (χ3n) is 4.10. The van der Waals surface area contributed by atoms with Gasteiger partial charge in [0.1, 0.15) is 5.76 Å². The first kappa shape index (κ1) is 14.9. The zero-order chi connectivity index (χ0) is 13.9. The van der Waals surface area contributed by atoms with Gasteiger partial charge >= 0.3 is 16.6 Å². The average molecular weight is 296 g/mol. The van der Waals surface area contributed by atoms with Gasteiger partial charge in [-0.1, -0.05) is 32.1 Å². The Bertz CT molecular complexity index is 359. The zero-order valence-electron chi connectivity index (χ0n) is 10.7. The zero-order valence-corrected chi connectivity index (χ0v) is 11.6. The Hall–Kier alpha value is -0.520. The van der Waals surface area contributed by atoms with Crippen LogP contribution in [0.25, 0.3) is 0 Å². The lowest BCUT2D eigenvalue weighted by Gasteiger charge is -2.32. The first-order valence-electron chi connectivity index (χ1n) is 6.83. The van der Waals surface area contributed by atoms with Gasteiger partial charge in [-0.15, -0.1) is 0 Å². The standard InChI is InChI=1S/C13H19F3O2S/c14-13(15,16)19(17)18-12-8-6-11(7-9-12)10-4-2-1-3-5-10/h8,10-11H,1-7,9H2. The van der Waals surface area contributed by atoms with Crippen LogP contribution in [0.3, 0.4) is 0 Å². The van der Waals surface area contributed by atoms with E-state index in [1.54, 1.807) is 6.08 Å². The predicted molar refractivity (Wildman–Crippen MR) is 67.3 cm³/mol. The molecule has 0 aromatic rings. The van der Waals surface area contributed by atoms with E-state index in [1.165, 1.54) is 32.1 Å². The quantitative estimate of drug-likeness (QED) is 0.769. The molecule has 19 heavy (non-hydrogen) atoms. The van der Waals surface area contributed by atoms with E-state index in [0.29, 0.717) is 18.3 Å². The second-order valence-corrected chi connectivity index (χ2v) is 6.47. The molecule has 0 heterocycles. The molecule has 2 atom stereocenters. The molecule has 2 nitrogen and oxygen atoms in total.